The highest BCUT2D eigenvalue weighted by Crippen LogP contribution is 2.24. The molecule has 182 valence electrons. The lowest BCUT2D eigenvalue weighted by molar-refractivity contribution is -0.110. The van der Waals surface area contributed by atoms with Crippen molar-refractivity contribution in [1.29, 1.82) is 0 Å². The molecular weight excluding hydrogens is 492 g/mol. The average Bonchev–Trinajstić information content (AvgIpc) is 3.56. The Morgan fingerprint density at radius 1 is 0.500 bits per heavy atom. The number of carbonyl (C=O) groups excluding carboxylic acids is 2. The zero-order valence-corrected chi connectivity index (χ0v) is 19.0. The number of nitrogens with zero attached hydrogens (tertiary/aromatic N) is 4. The number of hydrogen-bond acceptors (Lipinski definition) is 8. The summed E-state index contributed by atoms with van der Waals surface area (Å²) in [5.74, 6) is -1.16. The van der Waals surface area contributed by atoms with E-state index < -0.39 is 34.1 Å². The van der Waals surface area contributed by atoms with E-state index in [1.165, 1.54) is 0 Å². The van der Waals surface area contributed by atoms with Gasteiger partial charge in [-0.15, -0.1) is 0 Å². The summed E-state index contributed by atoms with van der Waals surface area (Å²) < 4.78 is 1.09. The molecule has 0 aliphatic carbocycles. The molecule has 3 aromatic carbocycles. The van der Waals surface area contributed by atoms with Crippen molar-refractivity contribution in [3.8, 4) is 0 Å². The minimum atomic E-state index is -0.855. The van der Waals surface area contributed by atoms with Gasteiger partial charge >= 0.3 is 0 Å². The van der Waals surface area contributed by atoms with Gasteiger partial charge in [0.05, 0.1) is 32.9 Å². The van der Waals surface area contributed by atoms with Crippen molar-refractivity contribution in [2.24, 2.45) is 10.2 Å². The minimum absolute atomic E-state index is 0.119. The van der Waals surface area contributed by atoms with Crippen molar-refractivity contribution in [2.75, 3.05) is 10.6 Å². The SMILES string of the molecule is O=C1Nc2ccccc2/C1=N\n1c(=O)c2cc3c(=O)n(/N=C4/C(=O)Nc5ccccc54)c(=O)c3cc2c1=O. The maximum atomic E-state index is 13.1. The molecule has 38 heavy (non-hydrogen) atoms. The van der Waals surface area contributed by atoms with Crippen molar-refractivity contribution in [2.45, 2.75) is 0 Å². The topological polar surface area (TPSA) is 161 Å². The third-order valence-corrected chi connectivity index (χ3v) is 6.54. The summed E-state index contributed by atoms with van der Waals surface area (Å²) >= 11 is 0. The molecule has 2 aromatic heterocycles. The number of rotatable bonds is 2. The Labute approximate surface area is 209 Å². The van der Waals surface area contributed by atoms with Crippen LogP contribution in [0.4, 0.5) is 11.4 Å². The number of anilines is 2. The van der Waals surface area contributed by atoms with Gasteiger partial charge in [0.25, 0.3) is 34.1 Å². The number of hydrogen-bond donors (Lipinski definition) is 2. The molecule has 5 aromatic rings. The molecule has 0 saturated carbocycles. The molecule has 2 aliphatic heterocycles. The largest absolute Gasteiger partial charge is 0.320 e. The van der Waals surface area contributed by atoms with Crippen LogP contribution in [-0.4, -0.2) is 32.6 Å². The second kappa shape index (κ2) is 7.36. The van der Waals surface area contributed by atoms with E-state index in [1.54, 1.807) is 48.5 Å². The van der Waals surface area contributed by atoms with Crippen LogP contribution >= 0.6 is 0 Å². The van der Waals surface area contributed by atoms with E-state index in [-0.39, 0.29) is 33.0 Å². The highest BCUT2D eigenvalue weighted by molar-refractivity contribution is 6.54. The van der Waals surface area contributed by atoms with Gasteiger partial charge in [0, 0.05) is 11.1 Å². The summed E-state index contributed by atoms with van der Waals surface area (Å²) in [5.41, 5.74) is -1.83. The van der Waals surface area contributed by atoms with Crippen LogP contribution in [0.1, 0.15) is 11.1 Å². The fourth-order valence-corrected chi connectivity index (χ4v) is 4.73. The maximum absolute atomic E-state index is 13.1. The fourth-order valence-electron chi connectivity index (χ4n) is 4.73. The first kappa shape index (κ1) is 21.5. The van der Waals surface area contributed by atoms with Crippen molar-refractivity contribution < 1.29 is 9.59 Å². The maximum Gasteiger partial charge on any atom is 0.282 e. The van der Waals surface area contributed by atoms with Crippen LogP contribution in [0, 0.1) is 0 Å². The third-order valence-electron chi connectivity index (χ3n) is 6.54. The van der Waals surface area contributed by atoms with Gasteiger partial charge in [-0.25, -0.2) is 0 Å². The summed E-state index contributed by atoms with van der Waals surface area (Å²) in [6, 6.07) is 15.6. The second-order valence-electron chi connectivity index (χ2n) is 8.68. The van der Waals surface area contributed by atoms with Crippen LogP contribution in [0.15, 0.2) is 90.0 Å². The predicted molar refractivity (Wildman–Crippen MR) is 139 cm³/mol. The Morgan fingerprint density at radius 3 is 1.21 bits per heavy atom. The summed E-state index contributed by atoms with van der Waals surface area (Å²) in [5, 5.41) is 12.7. The first-order chi connectivity index (χ1) is 18.3. The quantitative estimate of drug-likeness (QED) is 0.352. The normalized spacial score (nSPS) is 16.4. The van der Waals surface area contributed by atoms with Crippen LogP contribution in [0.2, 0.25) is 0 Å². The van der Waals surface area contributed by atoms with E-state index in [1.807, 2.05) is 0 Å². The molecule has 12 heteroatoms. The smallest absolute Gasteiger partial charge is 0.282 e. The standard InChI is InChI=1S/C26H12N6O6/c33-21-19(11-5-1-3-7-17(11)27-21)29-31-23(35)13-9-15-16(10-14(13)24(31)36)26(38)32(25(15)37)30-20-12-6-2-4-8-18(12)28-22(20)34/h1-10H,(H,27,29,33)(H,28,30,34). The number of aromatic nitrogens is 2. The highest BCUT2D eigenvalue weighted by atomic mass is 16.2. The number of fused-ring (bicyclic) bond motifs is 4. The van der Waals surface area contributed by atoms with Crippen molar-refractivity contribution in [3.05, 3.63) is 113 Å². The lowest BCUT2D eigenvalue weighted by Gasteiger charge is -1.96. The molecule has 0 atom stereocenters. The molecule has 12 nitrogen and oxygen atoms in total. The lowest BCUT2D eigenvalue weighted by atomic mass is 10.1. The Bertz CT molecular complexity index is 1980. The van der Waals surface area contributed by atoms with E-state index in [0.717, 1.165) is 12.1 Å². The number of amides is 2. The van der Waals surface area contributed by atoms with Crippen LogP contribution in [0.3, 0.4) is 0 Å². The minimum Gasteiger partial charge on any atom is -0.320 e. The average molecular weight is 504 g/mol. The van der Waals surface area contributed by atoms with E-state index in [2.05, 4.69) is 20.8 Å². The molecule has 2 amide bonds. The molecule has 0 unspecified atom stereocenters. The zero-order valence-electron chi connectivity index (χ0n) is 19.0. The molecule has 0 saturated heterocycles. The zero-order chi connectivity index (χ0) is 26.3. The molecular formula is C26H12N6O6. The summed E-state index contributed by atoms with van der Waals surface area (Å²) in [7, 11) is 0. The van der Waals surface area contributed by atoms with Gasteiger partial charge in [-0.1, -0.05) is 36.4 Å². The van der Waals surface area contributed by atoms with Gasteiger partial charge in [0.15, 0.2) is 11.4 Å². The van der Waals surface area contributed by atoms with Crippen molar-refractivity contribution >= 4 is 56.2 Å². The summed E-state index contributed by atoms with van der Waals surface area (Å²) in [6.45, 7) is 0. The molecule has 4 heterocycles. The van der Waals surface area contributed by atoms with E-state index in [0.29, 0.717) is 31.9 Å². The Balaban J connectivity index is 1.43. The van der Waals surface area contributed by atoms with Gasteiger partial charge in [-0.05, 0) is 24.3 Å². The molecule has 0 fully saturated rings. The second-order valence-corrected chi connectivity index (χ2v) is 8.68. The summed E-state index contributed by atoms with van der Waals surface area (Å²) in [4.78, 5) is 77.3. The Hall–Kier alpha value is -5.78. The van der Waals surface area contributed by atoms with Crippen LogP contribution in [-0.2, 0) is 9.59 Å². The molecule has 2 aliphatic rings. The molecule has 7 rings (SSSR count). The first-order valence-electron chi connectivity index (χ1n) is 11.3. The Morgan fingerprint density at radius 2 is 0.842 bits per heavy atom. The first-order valence-corrected chi connectivity index (χ1v) is 11.3. The molecule has 2 N–H and O–H groups in total. The third kappa shape index (κ3) is 2.79. The fraction of sp³-hybridized carbons (Fsp3) is 0. The van der Waals surface area contributed by atoms with E-state index in [9.17, 15) is 28.8 Å². The van der Waals surface area contributed by atoms with Crippen molar-refractivity contribution in [1.82, 2.24) is 9.35 Å². The molecule has 0 spiro atoms. The number of nitrogens with one attached hydrogen (secondary N) is 2. The summed E-state index contributed by atoms with van der Waals surface area (Å²) in [6.07, 6.45) is 0. The highest BCUT2D eigenvalue weighted by Gasteiger charge is 2.29. The monoisotopic (exact) mass is 504 g/mol. The van der Waals surface area contributed by atoms with Gasteiger partial charge in [0.1, 0.15) is 0 Å². The van der Waals surface area contributed by atoms with Crippen LogP contribution in [0.5, 0.6) is 0 Å². The van der Waals surface area contributed by atoms with Gasteiger partial charge in [0.2, 0.25) is 0 Å². The van der Waals surface area contributed by atoms with E-state index in [4.69, 9.17) is 0 Å². The van der Waals surface area contributed by atoms with E-state index >= 15 is 0 Å². The lowest BCUT2D eigenvalue weighted by Crippen LogP contribution is -2.26. The Kier molecular flexibility index (Phi) is 4.17. The van der Waals surface area contributed by atoms with Crippen molar-refractivity contribution in [3.63, 3.8) is 0 Å². The molecule has 0 bridgehead atoms. The van der Waals surface area contributed by atoms with Crippen LogP contribution < -0.4 is 32.9 Å². The van der Waals surface area contributed by atoms with Gasteiger partial charge < -0.3 is 10.6 Å². The molecule has 0 radical (unpaired) electrons. The number of carbonyl (C=O) groups is 2. The van der Waals surface area contributed by atoms with Crippen LogP contribution in [0.25, 0.3) is 21.5 Å². The van der Waals surface area contributed by atoms with Gasteiger partial charge in [-0.2, -0.15) is 19.6 Å². The van der Waals surface area contributed by atoms with Gasteiger partial charge in [-0.3, -0.25) is 28.8 Å². The predicted octanol–water partition coefficient (Wildman–Crippen LogP) is 0.321. The number of benzene rings is 3. The number of para-hydroxylation sites is 2.